The molecule has 0 aliphatic carbocycles. The van der Waals surface area contributed by atoms with Crippen LogP contribution in [0.3, 0.4) is 0 Å². The van der Waals surface area contributed by atoms with Gasteiger partial charge in [0.05, 0.1) is 17.8 Å². The smallest absolute Gasteiger partial charge is 0.246 e. The van der Waals surface area contributed by atoms with Crippen molar-refractivity contribution in [1.29, 1.82) is 0 Å². The van der Waals surface area contributed by atoms with Crippen LogP contribution >= 0.6 is 0 Å². The Morgan fingerprint density at radius 1 is 1.17 bits per heavy atom. The van der Waals surface area contributed by atoms with Crippen LogP contribution in [0.5, 0.6) is 0 Å². The van der Waals surface area contributed by atoms with E-state index in [0.717, 1.165) is 11.8 Å². The highest BCUT2D eigenvalue weighted by Crippen LogP contribution is 2.42. The van der Waals surface area contributed by atoms with E-state index in [1.807, 2.05) is 0 Å². The van der Waals surface area contributed by atoms with E-state index in [-0.39, 0.29) is 22.9 Å². The van der Waals surface area contributed by atoms with E-state index in [2.05, 4.69) is 0 Å². The number of sulfonamides is 1. The standard InChI is InChI=1S/C16H19NO5S2/c18-23(19)10-7-16(12-23)6-2-8-17(11-16)24(20,21)14-4-1-3-13-5-9-22-15(13)14/h1,3-5,9H,2,6-8,10-12H2. The number of nitrogens with zero attached hydrogens (tertiary/aromatic N) is 1. The number of hydrogen-bond acceptors (Lipinski definition) is 5. The molecule has 3 heterocycles. The largest absolute Gasteiger partial charge is 0.463 e. The maximum Gasteiger partial charge on any atom is 0.246 e. The van der Waals surface area contributed by atoms with E-state index in [1.165, 1.54) is 10.6 Å². The van der Waals surface area contributed by atoms with Gasteiger partial charge in [0.25, 0.3) is 0 Å². The van der Waals surface area contributed by atoms with Crippen LogP contribution in [0.15, 0.2) is 39.8 Å². The molecule has 2 aliphatic rings. The van der Waals surface area contributed by atoms with Crippen molar-refractivity contribution in [1.82, 2.24) is 4.31 Å². The van der Waals surface area contributed by atoms with Crippen molar-refractivity contribution >= 4 is 30.8 Å². The lowest BCUT2D eigenvalue weighted by Crippen LogP contribution is -2.46. The first-order valence-corrected chi connectivity index (χ1v) is 11.2. The normalized spacial score (nSPS) is 27.8. The second-order valence-electron chi connectivity index (χ2n) is 6.88. The third-order valence-corrected chi connectivity index (χ3v) is 8.90. The Balaban J connectivity index is 1.71. The van der Waals surface area contributed by atoms with Crippen LogP contribution in [0, 0.1) is 5.41 Å². The minimum atomic E-state index is -3.71. The lowest BCUT2D eigenvalue weighted by Gasteiger charge is -2.38. The molecule has 24 heavy (non-hydrogen) atoms. The quantitative estimate of drug-likeness (QED) is 0.808. The number of para-hydroxylation sites is 1. The van der Waals surface area contributed by atoms with Gasteiger partial charge < -0.3 is 4.42 Å². The van der Waals surface area contributed by atoms with Crippen molar-refractivity contribution in [3.8, 4) is 0 Å². The molecule has 1 unspecified atom stereocenters. The monoisotopic (exact) mass is 369 g/mol. The maximum absolute atomic E-state index is 13.1. The fraction of sp³-hybridized carbons (Fsp3) is 0.500. The molecule has 130 valence electrons. The molecule has 0 amide bonds. The number of hydrogen-bond donors (Lipinski definition) is 0. The van der Waals surface area contributed by atoms with Gasteiger partial charge in [0.2, 0.25) is 10.0 Å². The maximum atomic E-state index is 13.1. The second-order valence-corrected chi connectivity index (χ2v) is 11.0. The van der Waals surface area contributed by atoms with Crippen molar-refractivity contribution in [2.24, 2.45) is 5.41 Å². The van der Waals surface area contributed by atoms with Gasteiger partial charge in [-0.25, -0.2) is 16.8 Å². The summed E-state index contributed by atoms with van der Waals surface area (Å²) in [6, 6.07) is 6.78. The van der Waals surface area contributed by atoms with Gasteiger partial charge in [0, 0.05) is 18.5 Å². The lowest BCUT2D eigenvalue weighted by atomic mass is 9.80. The van der Waals surface area contributed by atoms with Gasteiger partial charge in [-0.05, 0) is 36.8 Å². The van der Waals surface area contributed by atoms with Crippen molar-refractivity contribution in [2.45, 2.75) is 24.2 Å². The molecule has 0 N–H and O–H groups in total. The molecule has 0 bridgehead atoms. The molecule has 1 aromatic carbocycles. The molecular weight excluding hydrogens is 350 g/mol. The Kier molecular flexibility index (Phi) is 3.56. The summed E-state index contributed by atoms with van der Waals surface area (Å²) in [4.78, 5) is 0.155. The number of sulfone groups is 1. The molecule has 2 fully saturated rings. The lowest BCUT2D eigenvalue weighted by molar-refractivity contribution is 0.173. The van der Waals surface area contributed by atoms with Crippen LogP contribution in [0.25, 0.3) is 11.0 Å². The number of fused-ring (bicyclic) bond motifs is 1. The molecule has 2 saturated heterocycles. The van der Waals surface area contributed by atoms with E-state index in [1.54, 1.807) is 24.3 Å². The second kappa shape index (κ2) is 5.31. The fourth-order valence-corrected chi connectivity index (χ4v) is 7.92. The molecular formula is C16H19NO5S2. The molecule has 1 atom stereocenters. The first-order chi connectivity index (χ1) is 11.3. The van der Waals surface area contributed by atoms with Crippen LogP contribution in [0.2, 0.25) is 0 Å². The Bertz CT molecular complexity index is 992. The van der Waals surface area contributed by atoms with E-state index in [0.29, 0.717) is 25.0 Å². The summed E-state index contributed by atoms with van der Waals surface area (Å²) in [5.41, 5.74) is -0.0718. The zero-order chi connectivity index (χ0) is 17.0. The SMILES string of the molecule is O=S1(=O)CCC2(CCCN(S(=O)(=O)c3cccc4ccoc34)C2)C1. The van der Waals surface area contributed by atoms with Gasteiger partial charge in [-0.1, -0.05) is 12.1 Å². The molecule has 2 aromatic rings. The van der Waals surface area contributed by atoms with E-state index in [9.17, 15) is 16.8 Å². The van der Waals surface area contributed by atoms with Gasteiger partial charge in [-0.2, -0.15) is 4.31 Å². The van der Waals surface area contributed by atoms with Gasteiger partial charge in [-0.3, -0.25) is 0 Å². The fourth-order valence-electron chi connectivity index (χ4n) is 3.98. The summed E-state index contributed by atoms with van der Waals surface area (Å²) in [5, 5.41) is 0.742. The number of furan rings is 1. The Labute approximate surface area is 141 Å². The van der Waals surface area contributed by atoms with Crippen molar-refractivity contribution in [2.75, 3.05) is 24.6 Å². The van der Waals surface area contributed by atoms with E-state index in [4.69, 9.17) is 4.42 Å². The highest BCUT2D eigenvalue weighted by atomic mass is 32.2. The van der Waals surface area contributed by atoms with Gasteiger partial charge in [-0.15, -0.1) is 0 Å². The molecule has 2 aliphatic heterocycles. The number of piperidine rings is 1. The van der Waals surface area contributed by atoms with E-state index >= 15 is 0 Å². The summed E-state index contributed by atoms with van der Waals surface area (Å²) in [6.07, 6.45) is 3.48. The molecule has 8 heteroatoms. The van der Waals surface area contributed by atoms with Gasteiger partial charge >= 0.3 is 0 Å². The zero-order valence-corrected chi connectivity index (χ0v) is 14.8. The molecule has 0 saturated carbocycles. The summed E-state index contributed by atoms with van der Waals surface area (Å²) >= 11 is 0. The molecule has 1 spiro atoms. The van der Waals surface area contributed by atoms with Gasteiger partial charge in [0.1, 0.15) is 4.90 Å². The van der Waals surface area contributed by atoms with Crippen LogP contribution in [0.1, 0.15) is 19.3 Å². The topological polar surface area (TPSA) is 84.7 Å². The summed E-state index contributed by atoms with van der Waals surface area (Å²) in [6.45, 7) is 0.687. The Morgan fingerprint density at radius 2 is 2.00 bits per heavy atom. The summed E-state index contributed by atoms with van der Waals surface area (Å²) in [5.74, 6) is 0.256. The van der Waals surface area contributed by atoms with Gasteiger partial charge in [0.15, 0.2) is 15.4 Å². The first kappa shape index (κ1) is 16.1. The number of benzene rings is 1. The average Bonchev–Trinajstić information content (AvgIpc) is 3.11. The van der Waals surface area contributed by atoms with Crippen molar-refractivity contribution in [3.63, 3.8) is 0 Å². The summed E-state index contributed by atoms with van der Waals surface area (Å²) in [7, 11) is -6.77. The Hall–Kier alpha value is -1.38. The first-order valence-electron chi connectivity index (χ1n) is 7.98. The minimum absolute atomic E-state index is 0.0942. The summed E-state index contributed by atoms with van der Waals surface area (Å²) < 4.78 is 56.8. The number of rotatable bonds is 2. The highest BCUT2D eigenvalue weighted by Gasteiger charge is 2.47. The van der Waals surface area contributed by atoms with Crippen LogP contribution < -0.4 is 0 Å². The van der Waals surface area contributed by atoms with E-state index < -0.39 is 25.3 Å². The predicted molar refractivity (Wildman–Crippen MR) is 89.9 cm³/mol. The van der Waals surface area contributed by atoms with Crippen LogP contribution in [-0.4, -0.2) is 45.7 Å². The van der Waals surface area contributed by atoms with Crippen LogP contribution in [0.4, 0.5) is 0 Å². The Morgan fingerprint density at radius 3 is 2.75 bits per heavy atom. The zero-order valence-electron chi connectivity index (χ0n) is 13.1. The molecule has 0 radical (unpaired) electrons. The molecule has 1 aromatic heterocycles. The average molecular weight is 369 g/mol. The predicted octanol–water partition coefficient (Wildman–Crippen LogP) is 2.02. The molecule has 6 nitrogen and oxygen atoms in total. The highest BCUT2D eigenvalue weighted by molar-refractivity contribution is 7.91. The van der Waals surface area contributed by atoms with Crippen LogP contribution in [-0.2, 0) is 19.9 Å². The third-order valence-electron chi connectivity index (χ3n) is 5.16. The van der Waals surface area contributed by atoms with Crippen molar-refractivity contribution < 1.29 is 21.3 Å². The third kappa shape index (κ3) is 2.57. The molecule has 4 rings (SSSR count). The minimum Gasteiger partial charge on any atom is -0.463 e. The van der Waals surface area contributed by atoms with Crippen molar-refractivity contribution in [3.05, 3.63) is 30.5 Å².